The van der Waals surface area contributed by atoms with E-state index in [2.05, 4.69) is 47.6 Å². The van der Waals surface area contributed by atoms with Crippen molar-refractivity contribution >= 4 is 50.2 Å². The number of fused-ring (bicyclic) bond motifs is 1. The van der Waals surface area contributed by atoms with Gasteiger partial charge in [-0.3, -0.25) is 14.8 Å². The molecule has 4 heterocycles. The van der Waals surface area contributed by atoms with Gasteiger partial charge in [-0.05, 0) is 48.5 Å². The van der Waals surface area contributed by atoms with Crippen molar-refractivity contribution in [2.45, 2.75) is 18.0 Å². The summed E-state index contributed by atoms with van der Waals surface area (Å²) < 4.78 is 39.0. The molecule has 0 atom stereocenters. The van der Waals surface area contributed by atoms with Gasteiger partial charge in [-0.1, -0.05) is 30.4 Å². The van der Waals surface area contributed by atoms with Crippen LogP contribution in [0.5, 0.6) is 0 Å². The molecule has 1 fully saturated rings. The Kier molecular flexibility index (Phi) is 8.90. The molecule has 15 heteroatoms. The lowest BCUT2D eigenvalue weighted by molar-refractivity contribution is 0.102. The largest absolute Gasteiger partial charge is 0.336 e. The molecule has 0 unspecified atom stereocenters. The zero-order valence-corrected chi connectivity index (χ0v) is 25.8. The van der Waals surface area contributed by atoms with E-state index in [-0.39, 0.29) is 11.6 Å². The van der Waals surface area contributed by atoms with Crippen molar-refractivity contribution in [1.29, 1.82) is 0 Å². The highest BCUT2D eigenvalue weighted by Gasteiger charge is 2.18. The predicted octanol–water partition coefficient (Wildman–Crippen LogP) is 3.40. The number of nitrogens with one attached hydrogen (secondary N) is 3. The highest BCUT2D eigenvalue weighted by atomic mass is 32.2. The lowest BCUT2D eigenvalue weighted by Crippen LogP contribution is -2.43. The Balaban J connectivity index is 1.11. The Morgan fingerprint density at radius 2 is 1.87 bits per heavy atom. The van der Waals surface area contributed by atoms with Gasteiger partial charge in [0, 0.05) is 51.2 Å². The summed E-state index contributed by atoms with van der Waals surface area (Å²) in [4.78, 5) is 26.1. The average molecular weight is 645 g/mol. The number of likely N-dealkylation sites (N-methyl/N-ethyl adjacent to an activating group) is 1. The topological polar surface area (TPSA) is 167 Å². The van der Waals surface area contributed by atoms with Crippen LogP contribution in [0.2, 0.25) is 0 Å². The molecule has 2 aromatic carbocycles. The maximum atomic E-state index is 13.9. The lowest BCUT2D eigenvalue weighted by atomic mass is 10.1. The van der Waals surface area contributed by atoms with E-state index in [0.717, 1.165) is 38.8 Å². The number of nitrogens with zero attached hydrogens (tertiary/aromatic N) is 6. The smallest absolute Gasteiger partial charge is 0.275 e. The summed E-state index contributed by atoms with van der Waals surface area (Å²) in [5.41, 5.74) is 3.65. The molecule has 0 spiro atoms. The molecule has 5 aromatic rings. The van der Waals surface area contributed by atoms with Crippen LogP contribution in [0.15, 0.2) is 78.2 Å². The van der Waals surface area contributed by atoms with E-state index in [1.165, 1.54) is 30.2 Å². The van der Waals surface area contributed by atoms with E-state index in [9.17, 15) is 17.6 Å². The number of piperazine rings is 1. The van der Waals surface area contributed by atoms with Crippen LogP contribution in [0.3, 0.4) is 0 Å². The summed E-state index contributed by atoms with van der Waals surface area (Å²) in [6.45, 7) is 5.45. The molecule has 238 valence electrons. The van der Waals surface area contributed by atoms with Crippen molar-refractivity contribution in [1.82, 2.24) is 34.5 Å². The van der Waals surface area contributed by atoms with Crippen molar-refractivity contribution in [3.8, 4) is 0 Å². The third-order valence-corrected chi connectivity index (χ3v) is 8.69. The molecule has 0 radical (unpaired) electrons. The second-order valence-corrected chi connectivity index (χ2v) is 12.6. The van der Waals surface area contributed by atoms with Crippen molar-refractivity contribution in [2.75, 3.05) is 43.9 Å². The number of primary sulfonamides is 1. The maximum absolute atomic E-state index is 13.9. The molecule has 3 aromatic heterocycles. The van der Waals surface area contributed by atoms with Crippen LogP contribution in [0.25, 0.3) is 17.1 Å². The lowest BCUT2D eigenvalue weighted by Gasteiger charge is -2.32. The Labute approximate surface area is 265 Å². The number of carbonyl (C=O) groups excluding carboxylic acids is 1. The van der Waals surface area contributed by atoms with E-state index in [0.29, 0.717) is 40.3 Å². The van der Waals surface area contributed by atoms with Crippen LogP contribution in [0.4, 0.5) is 21.6 Å². The zero-order valence-electron chi connectivity index (χ0n) is 25.0. The molecule has 46 heavy (non-hydrogen) atoms. The number of rotatable bonds is 10. The van der Waals surface area contributed by atoms with E-state index in [4.69, 9.17) is 5.14 Å². The van der Waals surface area contributed by atoms with Gasteiger partial charge in [0.2, 0.25) is 10.0 Å². The Morgan fingerprint density at radius 1 is 1.09 bits per heavy atom. The van der Waals surface area contributed by atoms with Crippen LogP contribution >= 0.6 is 0 Å². The first-order valence-electron chi connectivity index (χ1n) is 14.5. The van der Waals surface area contributed by atoms with Crippen molar-refractivity contribution in [3.63, 3.8) is 0 Å². The summed E-state index contributed by atoms with van der Waals surface area (Å²) in [6, 6.07) is 13.4. The second-order valence-electron chi connectivity index (χ2n) is 11.1. The number of sulfonamides is 1. The van der Waals surface area contributed by atoms with Crippen LogP contribution in [0.1, 0.15) is 21.6 Å². The molecule has 1 amide bonds. The first-order chi connectivity index (χ1) is 22.1. The van der Waals surface area contributed by atoms with Gasteiger partial charge >= 0.3 is 0 Å². The fraction of sp³-hybridized carbons (Fsp3) is 0.226. The van der Waals surface area contributed by atoms with Gasteiger partial charge in [0.25, 0.3) is 5.91 Å². The van der Waals surface area contributed by atoms with E-state index >= 15 is 0 Å². The quantitative estimate of drug-likeness (QED) is 0.178. The number of halogens is 1. The second kappa shape index (κ2) is 13.2. The molecule has 6 rings (SSSR count). The first kappa shape index (κ1) is 31.0. The van der Waals surface area contributed by atoms with Crippen molar-refractivity contribution in [2.24, 2.45) is 5.14 Å². The van der Waals surface area contributed by atoms with Gasteiger partial charge in [-0.25, -0.2) is 27.9 Å². The van der Waals surface area contributed by atoms with E-state index < -0.39 is 20.7 Å². The SMILES string of the molecule is CN1CCN(Cc2ccc(NC(=O)c3[nH]ncc3Nc3ncnc4c3ccn4C/C=C/c3ccc(F)c(S(N)(=O)=O)c3)cc2)CC1. The number of carbonyl (C=O) groups is 1. The number of aromatic amines is 1. The summed E-state index contributed by atoms with van der Waals surface area (Å²) in [5.74, 6) is -0.782. The van der Waals surface area contributed by atoms with E-state index in [1.807, 2.05) is 41.1 Å². The summed E-state index contributed by atoms with van der Waals surface area (Å²) >= 11 is 0. The fourth-order valence-electron chi connectivity index (χ4n) is 5.23. The minimum Gasteiger partial charge on any atom is -0.336 e. The first-order valence-corrected chi connectivity index (χ1v) is 16.1. The number of allylic oxidation sites excluding steroid dienone is 1. The zero-order chi connectivity index (χ0) is 32.3. The van der Waals surface area contributed by atoms with Crippen LogP contribution in [0, 0.1) is 5.82 Å². The molecule has 0 aliphatic carbocycles. The molecular weight excluding hydrogens is 611 g/mol. The number of nitrogens with two attached hydrogens (primary N) is 1. The standard InChI is InChI=1S/C31H33FN10O3S/c1-40-13-15-41(16-14-40)19-22-4-7-23(8-5-22)37-31(43)28-26(18-36-39-28)38-29-24-10-12-42(30(24)35-20-34-29)11-2-3-21-6-9-25(32)27(17-21)46(33,44)45/h2-10,12,17-18,20H,11,13-16,19H2,1H3,(H,36,39)(H,37,43)(H2,33,44,45)(H,34,35,38)/b3-2+. The molecule has 1 aliphatic rings. The van der Waals surface area contributed by atoms with Crippen LogP contribution in [-0.4, -0.2) is 82.1 Å². The number of hydrogen-bond acceptors (Lipinski definition) is 9. The van der Waals surface area contributed by atoms with E-state index in [1.54, 1.807) is 12.2 Å². The molecule has 0 saturated carbocycles. The van der Waals surface area contributed by atoms with Gasteiger partial charge in [0.15, 0.2) is 0 Å². The number of benzene rings is 2. The highest BCUT2D eigenvalue weighted by Crippen LogP contribution is 2.26. The number of hydrogen-bond donors (Lipinski definition) is 4. The summed E-state index contributed by atoms with van der Waals surface area (Å²) in [7, 11) is -2.05. The summed E-state index contributed by atoms with van der Waals surface area (Å²) in [6.07, 6.45) is 8.20. The molecule has 5 N–H and O–H groups in total. The van der Waals surface area contributed by atoms with Crippen LogP contribution in [-0.2, 0) is 23.1 Å². The number of amides is 1. The predicted molar refractivity (Wildman–Crippen MR) is 173 cm³/mol. The normalized spacial score (nSPS) is 14.7. The minimum absolute atomic E-state index is 0.244. The van der Waals surface area contributed by atoms with Crippen LogP contribution < -0.4 is 15.8 Å². The molecule has 0 bridgehead atoms. The minimum atomic E-state index is -4.18. The Morgan fingerprint density at radius 3 is 2.63 bits per heavy atom. The third-order valence-electron chi connectivity index (χ3n) is 7.76. The Hall–Kier alpha value is -4.96. The number of anilines is 3. The number of H-pyrrole nitrogens is 1. The number of aromatic nitrogens is 5. The molecule has 1 aliphatic heterocycles. The summed E-state index contributed by atoms with van der Waals surface area (Å²) in [5, 5.41) is 18.8. The molecular formula is C31H33FN10O3S. The average Bonchev–Trinajstić information content (AvgIpc) is 3.67. The molecule has 13 nitrogen and oxygen atoms in total. The van der Waals surface area contributed by atoms with Gasteiger partial charge < -0.3 is 20.1 Å². The maximum Gasteiger partial charge on any atom is 0.275 e. The Bertz CT molecular complexity index is 2000. The molecule has 1 saturated heterocycles. The van der Waals surface area contributed by atoms with Gasteiger partial charge in [0.1, 0.15) is 34.2 Å². The third kappa shape index (κ3) is 7.13. The van der Waals surface area contributed by atoms with Gasteiger partial charge in [-0.15, -0.1) is 0 Å². The highest BCUT2D eigenvalue weighted by molar-refractivity contribution is 7.89. The van der Waals surface area contributed by atoms with Gasteiger partial charge in [-0.2, -0.15) is 5.10 Å². The van der Waals surface area contributed by atoms with Crippen molar-refractivity contribution in [3.05, 3.63) is 96.0 Å². The fourth-order valence-corrected chi connectivity index (χ4v) is 5.87. The van der Waals surface area contributed by atoms with Crippen molar-refractivity contribution < 1.29 is 17.6 Å². The van der Waals surface area contributed by atoms with Gasteiger partial charge in [0.05, 0.1) is 17.3 Å². The monoisotopic (exact) mass is 644 g/mol.